The van der Waals surface area contributed by atoms with Crippen molar-refractivity contribution in [3.63, 3.8) is 0 Å². The van der Waals surface area contributed by atoms with E-state index in [2.05, 4.69) is 52.4 Å². The molecule has 3 heteroatoms. The molecule has 0 amide bonds. The molecule has 0 aromatic heterocycles. The molecule has 0 aliphatic carbocycles. The Balaban J connectivity index is 1.57. The number of likely N-dealkylation sites (tertiary alicyclic amines) is 1. The molecule has 2 heterocycles. The highest BCUT2D eigenvalue weighted by atomic mass is 15.3. The topological polar surface area (TPSA) is 18.5 Å². The maximum absolute atomic E-state index is 3.48. The molecule has 0 radical (unpaired) electrons. The molecule has 1 N–H and O–H groups in total. The lowest BCUT2D eigenvalue weighted by atomic mass is 9.82. The van der Waals surface area contributed by atoms with Crippen LogP contribution in [0.4, 0.5) is 0 Å². The van der Waals surface area contributed by atoms with Gasteiger partial charge in [-0.3, -0.25) is 9.80 Å². The zero-order valence-corrected chi connectivity index (χ0v) is 13.4. The average Bonchev–Trinajstić information content (AvgIpc) is 2.58. The van der Waals surface area contributed by atoms with Crippen LogP contribution in [0.15, 0.2) is 30.3 Å². The highest BCUT2D eigenvalue weighted by Gasteiger charge is 2.38. The van der Waals surface area contributed by atoms with Gasteiger partial charge in [-0.15, -0.1) is 0 Å². The molecule has 0 unspecified atom stereocenters. The Kier molecular flexibility index (Phi) is 4.94. The van der Waals surface area contributed by atoms with E-state index in [-0.39, 0.29) is 0 Å². The number of nitrogens with zero attached hydrogens (tertiary/aromatic N) is 2. The van der Waals surface area contributed by atoms with Gasteiger partial charge in [0, 0.05) is 51.4 Å². The lowest BCUT2D eigenvalue weighted by Gasteiger charge is -2.50. The molecule has 116 valence electrons. The number of rotatable bonds is 4. The average molecular weight is 287 g/mol. The predicted octanol–water partition coefficient (Wildman–Crippen LogP) is 2.34. The zero-order valence-electron chi connectivity index (χ0n) is 13.4. The van der Waals surface area contributed by atoms with Gasteiger partial charge in [0.05, 0.1) is 0 Å². The van der Waals surface area contributed by atoms with Crippen molar-refractivity contribution >= 4 is 0 Å². The number of nitrogens with one attached hydrogen (secondary N) is 1. The van der Waals surface area contributed by atoms with E-state index >= 15 is 0 Å². The summed E-state index contributed by atoms with van der Waals surface area (Å²) >= 11 is 0. The Labute approximate surface area is 129 Å². The highest BCUT2D eigenvalue weighted by Crippen LogP contribution is 2.32. The first-order valence-corrected chi connectivity index (χ1v) is 8.54. The predicted molar refractivity (Wildman–Crippen MR) is 88.4 cm³/mol. The van der Waals surface area contributed by atoms with Crippen molar-refractivity contribution in [2.75, 3.05) is 39.3 Å². The molecule has 2 aliphatic heterocycles. The van der Waals surface area contributed by atoms with Gasteiger partial charge in [-0.05, 0) is 24.8 Å². The normalized spacial score (nSPS) is 24.0. The number of benzene rings is 1. The fourth-order valence-electron chi connectivity index (χ4n) is 4.00. The quantitative estimate of drug-likeness (QED) is 0.917. The SMILES string of the molecule is CCC1(N2CCNCC2)CCN(Cc2ccccc2)CC1. The van der Waals surface area contributed by atoms with Crippen LogP contribution in [0.3, 0.4) is 0 Å². The number of hydrogen-bond donors (Lipinski definition) is 1. The number of piperazine rings is 1. The van der Waals surface area contributed by atoms with Gasteiger partial charge in [-0.2, -0.15) is 0 Å². The fraction of sp³-hybridized carbons (Fsp3) is 0.667. The van der Waals surface area contributed by atoms with Gasteiger partial charge in [0.15, 0.2) is 0 Å². The minimum absolute atomic E-state index is 0.468. The van der Waals surface area contributed by atoms with Crippen LogP contribution in [0.5, 0.6) is 0 Å². The van der Waals surface area contributed by atoms with Crippen molar-refractivity contribution < 1.29 is 0 Å². The third-order valence-electron chi connectivity index (χ3n) is 5.48. The molecule has 1 aromatic carbocycles. The molecular weight excluding hydrogens is 258 g/mol. The minimum Gasteiger partial charge on any atom is -0.314 e. The second kappa shape index (κ2) is 6.91. The van der Waals surface area contributed by atoms with Crippen molar-refractivity contribution in [3.8, 4) is 0 Å². The maximum Gasteiger partial charge on any atom is 0.0233 e. The summed E-state index contributed by atoms with van der Waals surface area (Å²) < 4.78 is 0. The maximum atomic E-state index is 3.48. The van der Waals surface area contributed by atoms with Crippen molar-refractivity contribution in [3.05, 3.63) is 35.9 Å². The van der Waals surface area contributed by atoms with Crippen LogP contribution in [-0.2, 0) is 6.54 Å². The van der Waals surface area contributed by atoms with Gasteiger partial charge in [0.1, 0.15) is 0 Å². The van der Waals surface area contributed by atoms with E-state index in [0.717, 1.165) is 19.6 Å². The first kappa shape index (κ1) is 15.0. The van der Waals surface area contributed by atoms with E-state index < -0.39 is 0 Å². The van der Waals surface area contributed by atoms with E-state index in [9.17, 15) is 0 Å². The molecule has 1 aromatic rings. The van der Waals surface area contributed by atoms with Crippen molar-refractivity contribution in [2.24, 2.45) is 0 Å². The van der Waals surface area contributed by atoms with Gasteiger partial charge < -0.3 is 5.32 Å². The fourth-order valence-corrected chi connectivity index (χ4v) is 4.00. The van der Waals surface area contributed by atoms with Gasteiger partial charge in [0.25, 0.3) is 0 Å². The van der Waals surface area contributed by atoms with Gasteiger partial charge in [-0.25, -0.2) is 0 Å². The van der Waals surface area contributed by atoms with Crippen LogP contribution < -0.4 is 5.32 Å². The van der Waals surface area contributed by atoms with Crippen LogP contribution >= 0.6 is 0 Å². The molecule has 3 rings (SSSR count). The van der Waals surface area contributed by atoms with E-state index in [4.69, 9.17) is 0 Å². The standard InChI is InChI=1S/C18H29N3/c1-2-18(21-14-10-19-11-15-21)8-12-20(13-9-18)16-17-6-4-3-5-7-17/h3-7,19H,2,8-16H2,1H3. The summed E-state index contributed by atoms with van der Waals surface area (Å²) in [7, 11) is 0. The van der Waals surface area contributed by atoms with E-state index in [1.54, 1.807) is 0 Å². The Morgan fingerprint density at radius 1 is 1.00 bits per heavy atom. The van der Waals surface area contributed by atoms with Crippen LogP contribution in [0.2, 0.25) is 0 Å². The van der Waals surface area contributed by atoms with Gasteiger partial charge in [-0.1, -0.05) is 37.3 Å². The van der Waals surface area contributed by atoms with Gasteiger partial charge in [0.2, 0.25) is 0 Å². The van der Waals surface area contributed by atoms with Crippen molar-refractivity contribution in [2.45, 2.75) is 38.3 Å². The van der Waals surface area contributed by atoms with Gasteiger partial charge >= 0.3 is 0 Å². The molecule has 2 aliphatic rings. The summed E-state index contributed by atoms with van der Waals surface area (Å²) in [6, 6.07) is 10.9. The largest absolute Gasteiger partial charge is 0.314 e. The Morgan fingerprint density at radius 3 is 2.29 bits per heavy atom. The summed E-state index contributed by atoms with van der Waals surface area (Å²) in [6.45, 7) is 10.8. The Bertz CT molecular complexity index is 417. The van der Waals surface area contributed by atoms with Crippen molar-refractivity contribution in [1.29, 1.82) is 0 Å². The Hall–Kier alpha value is -0.900. The van der Waals surface area contributed by atoms with E-state index in [1.165, 1.54) is 51.0 Å². The number of hydrogen-bond acceptors (Lipinski definition) is 3. The molecule has 0 bridgehead atoms. The van der Waals surface area contributed by atoms with Crippen LogP contribution in [-0.4, -0.2) is 54.6 Å². The molecule has 0 spiro atoms. The van der Waals surface area contributed by atoms with E-state index in [0.29, 0.717) is 5.54 Å². The second-order valence-electron chi connectivity index (χ2n) is 6.58. The molecule has 2 fully saturated rings. The van der Waals surface area contributed by atoms with Crippen LogP contribution in [0, 0.1) is 0 Å². The minimum atomic E-state index is 0.468. The zero-order chi connectivity index (χ0) is 14.5. The lowest BCUT2D eigenvalue weighted by molar-refractivity contribution is 0.00783. The smallest absolute Gasteiger partial charge is 0.0233 e. The molecule has 3 nitrogen and oxygen atoms in total. The highest BCUT2D eigenvalue weighted by molar-refractivity contribution is 5.14. The lowest BCUT2D eigenvalue weighted by Crippen LogP contribution is -2.59. The molecule has 0 saturated carbocycles. The molecular formula is C18H29N3. The molecule has 0 atom stereocenters. The van der Waals surface area contributed by atoms with E-state index in [1.807, 2.05) is 0 Å². The Morgan fingerprint density at radius 2 is 1.67 bits per heavy atom. The summed E-state index contributed by atoms with van der Waals surface area (Å²) in [6.07, 6.45) is 3.96. The summed E-state index contributed by atoms with van der Waals surface area (Å²) in [5.41, 5.74) is 1.92. The second-order valence-corrected chi connectivity index (χ2v) is 6.58. The first-order chi connectivity index (χ1) is 10.3. The molecule has 21 heavy (non-hydrogen) atoms. The third kappa shape index (κ3) is 3.47. The van der Waals surface area contributed by atoms with Crippen LogP contribution in [0.25, 0.3) is 0 Å². The van der Waals surface area contributed by atoms with Crippen molar-refractivity contribution in [1.82, 2.24) is 15.1 Å². The summed E-state index contributed by atoms with van der Waals surface area (Å²) in [4.78, 5) is 5.40. The summed E-state index contributed by atoms with van der Waals surface area (Å²) in [5.74, 6) is 0. The summed E-state index contributed by atoms with van der Waals surface area (Å²) in [5, 5.41) is 3.48. The number of piperidine rings is 1. The monoisotopic (exact) mass is 287 g/mol. The molecule has 2 saturated heterocycles. The third-order valence-corrected chi connectivity index (χ3v) is 5.48. The first-order valence-electron chi connectivity index (χ1n) is 8.54. The van der Waals surface area contributed by atoms with Crippen LogP contribution in [0.1, 0.15) is 31.7 Å².